The number of hydrogen-bond acceptors (Lipinski definition) is 5. The highest BCUT2D eigenvalue weighted by Crippen LogP contribution is 2.35. The predicted octanol–water partition coefficient (Wildman–Crippen LogP) is 0.971. The van der Waals surface area contributed by atoms with Crippen molar-refractivity contribution >= 4 is 17.3 Å². The number of methoxy groups -OCH3 is 3. The molecule has 0 radical (unpaired) electrons. The summed E-state index contributed by atoms with van der Waals surface area (Å²) in [5.41, 5.74) is 0.888. The van der Waals surface area contributed by atoms with Gasteiger partial charge >= 0.3 is 5.97 Å². The zero-order valence-corrected chi connectivity index (χ0v) is 13.7. The van der Waals surface area contributed by atoms with E-state index in [0.29, 0.717) is 28.2 Å². The van der Waals surface area contributed by atoms with Gasteiger partial charge in [0.05, 0.1) is 21.3 Å². The highest BCUT2D eigenvalue weighted by molar-refractivity contribution is 5.80. The van der Waals surface area contributed by atoms with Crippen molar-refractivity contribution in [3.05, 3.63) is 40.8 Å². The van der Waals surface area contributed by atoms with Gasteiger partial charge in [-0.3, -0.25) is 4.79 Å². The lowest BCUT2D eigenvalue weighted by Gasteiger charge is -2.26. The van der Waals surface area contributed by atoms with Gasteiger partial charge in [0.2, 0.25) is 5.75 Å². The Morgan fingerprint density at radius 1 is 1.17 bits per heavy atom. The first-order valence-corrected chi connectivity index (χ1v) is 7.40. The van der Waals surface area contributed by atoms with Crippen LogP contribution in [-0.2, 0) is 9.53 Å². The van der Waals surface area contributed by atoms with Gasteiger partial charge in [0.25, 0.3) is 0 Å². The molecule has 1 aliphatic heterocycles. The number of fused-ring (bicyclic) bond motifs is 2. The molecule has 0 fully saturated rings. The summed E-state index contributed by atoms with van der Waals surface area (Å²) in [5.74, 6) is 0.811. The first-order valence-electron chi connectivity index (χ1n) is 7.40. The first kappa shape index (κ1) is 16.0. The summed E-state index contributed by atoms with van der Waals surface area (Å²) in [6, 6.07) is 1.73. The fraction of sp³-hybridized carbons (Fsp3) is 0.278. The molecular weight excluding hydrogens is 312 g/mol. The molecule has 1 unspecified atom stereocenters. The molecule has 0 amide bonds. The van der Waals surface area contributed by atoms with Crippen LogP contribution < -0.4 is 24.6 Å². The van der Waals surface area contributed by atoms with E-state index in [1.54, 1.807) is 13.2 Å². The third-order valence-corrected chi connectivity index (χ3v) is 3.98. The lowest BCUT2D eigenvalue weighted by Crippen LogP contribution is -2.40. The molecule has 0 bridgehead atoms. The molecule has 3 rings (SSSR count). The second-order valence-corrected chi connectivity index (χ2v) is 5.30. The monoisotopic (exact) mass is 330 g/mol. The fourth-order valence-corrected chi connectivity index (χ4v) is 3.00. The molecule has 0 saturated heterocycles. The number of carboxylic acid groups (broad SMARTS) is 1. The minimum absolute atomic E-state index is 0.229. The zero-order chi connectivity index (χ0) is 17.3. The molecule has 2 aliphatic rings. The standard InChI is InChI=1S/C18H18O6/c1-21-14-8-11-13(9-15(19)20)24-12-7-5-4-6-10(12)16(11)18(23-3)17(14)22-2/h4-8,12H,9H2,1-3H3,(H,19,20). The maximum absolute atomic E-state index is 11.2. The lowest BCUT2D eigenvalue weighted by atomic mass is 9.96. The van der Waals surface area contributed by atoms with E-state index in [0.717, 1.165) is 10.8 Å². The van der Waals surface area contributed by atoms with Crippen LogP contribution in [0.3, 0.4) is 0 Å². The van der Waals surface area contributed by atoms with Gasteiger partial charge in [-0.15, -0.1) is 0 Å². The Morgan fingerprint density at radius 3 is 2.54 bits per heavy atom. The number of benzene rings is 1. The van der Waals surface area contributed by atoms with Gasteiger partial charge in [0.1, 0.15) is 18.3 Å². The Labute approximate surface area is 138 Å². The van der Waals surface area contributed by atoms with E-state index in [9.17, 15) is 9.90 Å². The normalized spacial score (nSPS) is 17.7. The number of aliphatic carboxylic acids is 1. The van der Waals surface area contributed by atoms with Crippen molar-refractivity contribution in [1.29, 1.82) is 0 Å². The van der Waals surface area contributed by atoms with Gasteiger partial charge in [-0.25, -0.2) is 0 Å². The van der Waals surface area contributed by atoms with Gasteiger partial charge in [0, 0.05) is 16.0 Å². The predicted molar refractivity (Wildman–Crippen MR) is 87.6 cm³/mol. The molecule has 1 aromatic carbocycles. The Bertz CT molecular complexity index is 862. The van der Waals surface area contributed by atoms with Crippen LogP contribution in [0.2, 0.25) is 0 Å². The summed E-state index contributed by atoms with van der Waals surface area (Å²) in [6.45, 7) is 0. The number of carbonyl (C=O) groups is 1. The molecule has 1 aromatic rings. The van der Waals surface area contributed by atoms with Crippen LogP contribution in [0.1, 0.15) is 6.42 Å². The van der Waals surface area contributed by atoms with Crippen LogP contribution in [-0.4, -0.2) is 38.5 Å². The van der Waals surface area contributed by atoms with E-state index in [-0.39, 0.29) is 12.5 Å². The molecule has 6 heteroatoms. The van der Waals surface area contributed by atoms with Crippen molar-refractivity contribution < 1.29 is 28.8 Å². The van der Waals surface area contributed by atoms with Gasteiger partial charge < -0.3 is 24.1 Å². The van der Waals surface area contributed by atoms with E-state index in [1.165, 1.54) is 14.2 Å². The van der Waals surface area contributed by atoms with Crippen molar-refractivity contribution in [2.45, 2.75) is 12.5 Å². The van der Waals surface area contributed by atoms with Gasteiger partial charge in [-0.2, -0.15) is 0 Å². The van der Waals surface area contributed by atoms with Crippen LogP contribution in [0.4, 0.5) is 0 Å². The van der Waals surface area contributed by atoms with E-state index >= 15 is 0 Å². The summed E-state index contributed by atoms with van der Waals surface area (Å²) in [4.78, 5) is 11.2. The molecule has 1 N–H and O–H groups in total. The Hall–Kier alpha value is -2.89. The van der Waals surface area contributed by atoms with Gasteiger partial charge in [0.15, 0.2) is 11.5 Å². The Morgan fingerprint density at radius 2 is 1.92 bits per heavy atom. The number of ether oxygens (including phenoxy) is 4. The van der Waals surface area contributed by atoms with Crippen molar-refractivity contribution in [1.82, 2.24) is 0 Å². The molecular formula is C18H18O6. The van der Waals surface area contributed by atoms with Crippen LogP contribution in [0, 0.1) is 0 Å². The molecule has 0 spiro atoms. The van der Waals surface area contributed by atoms with E-state index in [2.05, 4.69) is 0 Å². The molecule has 1 atom stereocenters. The maximum atomic E-state index is 11.2. The zero-order valence-electron chi connectivity index (χ0n) is 13.7. The van der Waals surface area contributed by atoms with Crippen LogP contribution in [0.5, 0.6) is 17.2 Å². The van der Waals surface area contributed by atoms with Crippen molar-refractivity contribution in [2.75, 3.05) is 21.3 Å². The highest BCUT2D eigenvalue weighted by atomic mass is 16.5. The molecule has 6 nitrogen and oxygen atoms in total. The molecule has 1 heterocycles. The minimum Gasteiger partial charge on any atom is -0.493 e. The Kier molecular flexibility index (Phi) is 4.20. The molecule has 126 valence electrons. The molecule has 24 heavy (non-hydrogen) atoms. The number of carboxylic acids is 1. The number of hydrogen-bond donors (Lipinski definition) is 1. The number of rotatable bonds is 5. The van der Waals surface area contributed by atoms with Crippen LogP contribution in [0.15, 0.2) is 30.4 Å². The largest absolute Gasteiger partial charge is 0.493 e. The molecule has 0 saturated carbocycles. The van der Waals surface area contributed by atoms with E-state index in [4.69, 9.17) is 18.9 Å². The first-order chi connectivity index (χ1) is 11.6. The second kappa shape index (κ2) is 6.31. The number of allylic oxidation sites excluding steroid dienone is 2. The lowest BCUT2D eigenvalue weighted by molar-refractivity contribution is -0.136. The van der Waals surface area contributed by atoms with Crippen molar-refractivity contribution in [2.24, 2.45) is 0 Å². The highest BCUT2D eigenvalue weighted by Gasteiger charge is 2.27. The van der Waals surface area contributed by atoms with Crippen LogP contribution in [0.25, 0.3) is 11.3 Å². The van der Waals surface area contributed by atoms with Crippen molar-refractivity contribution in [3.8, 4) is 17.2 Å². The average molecular weight is 330 g/mol. The van der Waals surface area contributed by atoms with Gasteiger partial charge in [-0.05, 0) is 12.1 Å². The van der Waals surface area contributed by atoms with Crippen molar-refractivity contribution in [3.63, 3.8) is 0 Å². The molecule has 0 aromatic heterocycles. The quantitative estimate of drug-likeness (QED) is 0.867. The van der Waals surface area contributed by atoms with E-state index < -0.39 is 5.97 Å². The summed E-state index contributed by atoms with van der Waals surface area (Å²) in [6.07, 6.45) is 6.98. The van der Waals surface area contributed by atoms with Crippen LogP contribution >= 0.6 is 0 Å². The summed E-state index contributed by atoms with van der Waals surface area (Å²) >= 11 is 0. The summed E-state index contributed by atoms with van der Waals surface area (Å²) in [5, 5.41) is 10.6. The summed E-state index contributed by atoms with van der Waals surface area (Å²) in [7, 11) is 4.60. The smallest absolute Gasteiger partial charge is 0.311 e. The third kappa shape index (κ3) is 2.50. The maximum Gasteiger partial charge on any atom is 0.311 e. The SMILES string of the molecule is COc1cc2c(c(OC)c1OC)=C1C=CC=CC1OC=2CC(=O)O. The molecule has 1 aliphatic carbocycles. The van der Waals surface area contributed by atoms with E-state index in [1.807, 2.05) is 24.3 Å². The third-order valence-electron chi connectivity index (χ3n) is 3.98. The topological polar surface area (TPSA) is 74.2 Å². The van der Waals surface area contributed by atoms with Gasteiger partial charge in [-0.1, -0.05) is 18.2 Å². The minimum atomic E-state index is -0.969. The average Bonchev–Trinajstić information content (AvgIpc) is 2.59. The second-order valence-electron chi connectivity index (χ2n) is 5.30. The Balaban J connectivity index is 2.48. The summed E-state index contributed by atoms with van der Waals surface area (Å²) < 4.78 is 22.3. The fourth-order valence-electron chi connectivity index (χ4n) is 3.00.